The molecule has 0 bridgehead atoms. The smallest absolute Gasteiger partial charge is 0.408 e. The molecule has 0 aliphatic carbocycles. The van der Waals surface area contributed by atoms with E-state index in [4.69, 9.17) is 4.42 Å². The van der Waals surface area contributed by atoms with Gasteiger partial charge >= 0.3 is 5.76 Å². The molecule has 2 aromatic carbocycles. The number of rotatable bonds is 6. The third-order valence-corrected chi connectivity index (χ3v) is 7.88. The summed E-state index contributed by atoms with van der Waals surface area (Å²) in [5.74, 6) is -3.03. The van der Waals surface area contributed by atoms with E-state index >= 15 is 4.39 Å². The maximum atomic E-state index is 15.2. The predicted molar refractivity (Wildman–Crippen MR) is 130 cm³/mol. The third kappa shape index (κ3) is 4.28. The van der Waals surface area contributed by atoms with Gasteiger partial charge in [0.1, 0.15) is 16.5 Å². The minimum absolute atomic E-state index is 0.0889. The van der Waals surface area contributed by atoms with Crippen LogP contribution in [0.4, 0.5) is 14.6 Å². The summed E-state index contributed by atoms with van der Waals surface area (Å²) in [6.07, 6.45) is 2.01. The van der Waals surface area contributed by atoms with Crippen molar-refractivity contribution in [1.29, 1.82) is 0 Å². The van der Waals surface area contributed by atoms with Gasteiger partial charge < -0.3 is 9.73 Å². The van der Waals surface area contributed by atoms with Crippen LogP contribution in [-0.4, -0.2) is 24.5 Å². The number of nitrogens with zero attached hydrogens (tertiary/aromatic N) is 2. The molecule has 0 amide bonds. The molecule has 11 heteroatoms. The predicted octanol–water partition coefficient (Wildman–Crippen LogP) is 4.41. The molecular formula is C25H24F2N4O4S. The first-order valence-electron chi connectivity index (χ1n) is 11.5. The fourth-order valence-corrected chi connectivity index (χ4v) is 5.96. The number of hydrogen-bond acceptors (Lipinski definition) is 6. The van der Waals surface area contributed by atoms with Crippen LogP contribution in [0.2, 0.25) is 0 Å². The van der Waals surface area contributed by atoms with Crippen LogP contribution in [-0.2, 0) is 10.0 Å². The summed E-state index contributed by atoms with van der Waals surface area (Å²) in [5.41, 5.74) is 3.11. The summed E-state index contributed by atoms with van der Waals surface area (Å²) in [7, 11) is -4.49. The van der Waals surface area contributed by atoms with Gasteiger partial charge in [0.15, 0.2) is 5.58 Å². The van der Waals surface area contributed by atoms with Crippen molar-refractivity contribution < 1.29 is 21.6 Å². The van der Waals surface area contributed by atoms with Crippen molar-refractivity contribution in [2.24, 2.45) is 0 Å². The maximum absolute atomic E-state index is 15.2. The number of oxazole rings is 1. The maximum Gasteiger partial charge on any atom is 0.420 e. The van der Waals surface area contributed by atoms with Gasteiger partial charge in [-0.25, -0.2) is 22.6 Å². The topological polar surface area (TPSA) is 106 Å². The Kier molecular flexibility index (Phi) is 6.13. The van der Waals surface area contributed by atoms with Crippen molar-refractivity contribution in [3.05, 3.63) is 87.5 Å². The number of pyridine rings is 1. The van der Waals surface area contributed by atoms with Gasteiger partial charge in [0, 0.05) is 18.2 Å². The highest BCUT2D eigenvalue weighted by Crippen LogP contribution is 2.35. The van der Waals surface area contributed by atoms with Gasteiger partial charge in [-0.1, -0.05) is 24.3 Å². The number of aryl methyl sites for hydroxylation is 1. The first-order chi connectivity index (χ1) is 17.2. The molecule has 5 rings (SSSR count). The zero-order valence-corrected chi connectivity index (χ0v) is 20.4. The lowest BCUT2D eigenvalue weighted by molar-refractivity contribution is 0.485. The molecule has 36 heavy (non-hydrogen) atoms. The van der Waals surface area contributed by atoms with Crippen LogP contribution in [0.25, 0.3) is 11.1 Å². The van der Waals surface area contributed by atoms with Crippen molar-refractivity contribution in [2.75, 3.05) is 11.3 Å². The molecule has 1 unspecified atom stereocenters. The van der Waals surface area contributed by atoms with Gasteiger partial charge in [0.25, 0.3) is 10.0 Å². The molecule has 1 aliphatic rings. The zero-order valence-electron chi connectivity index (χ0n) is 19.6. The summed E-state index contributed by atoms with van der Waals surface area (Å²) in [6.45, 7) is 4.74. The van der Waals surface area contributed by atoms with Gasteiger partial charge in [-0.15, -0.1) is 0 Å². The molecule has 8 nitrogen and oxygen atoms in total. The highest BCUT2D eigenvalue weighted by molar-refractivity contribution is 7.92. The number of nitrogens with one attached hydrogen (secondary N) is 2. The Hall–Kier alpha value is -3.57. The molecule has 1 aliphatic heterocycles. The second kappa shape index (κ2) is 9.14. The molecule has 188 valence electrons. The summed E-state index contributed by atoms with van der Waals surface area (Å²) in [6, 6.07) is 11.0. The number of hydrogen-bond donors (Lipinski definition) is 2. The number of fused-ring (bicyclic) bond motifs is 1. The molecule has 2 aromatic heterocycles. The molecule has 0 saturated carbocycles. The van der Waals surface area contributed by atoms with Crippen LogP contribution in [0, 0.1) is 18.7 Å². The first-order valence-corrected chi connectivity index (χ1v) is 13.0. The second-order valence-corrected chi connectivity index (χ2v) is 10.5. The SMILES string of the molecule is Cc1cccc([C@@H](C)n2c(=O)oc3cc(S(=O)(=O)Nc4cccc(F)n4)c(F)cc32)c1C1CCCN1. The van der Waals surface area contributed by atoms with Crippen LogP contribution < -0.4 is 15.8 Å². The largest absolute Gasteiger partial charge is 0.420 e. The normalized spacial score (nSPS) is 16.9. The van der Waals surface area contributed by atoms with E-state index in [1.165, 1.54) is 16.7 Å². The van der Waals surface area contributed by atoms with Gasteiger partial charge in [-0.2, -0.15) is 4.39 Å². The minimum atomic E-state index is -4.49. The number of halogens is 2. The Morgan fingerprint density at radius 2 is 1.97 bits per heavy atom. The number of benzene rings is 2. The zero-order chi connectivity index (χ0) is 25.6. The van der Waals surface area contributed by atoms with E-state index in [-0.39, 0.29) is 23.0 Å². The van der Waals surface area contributed by atoms with Crippen LogP contribution in [0.15, 0.2) is 62.6 Å². The van der Waals surface area contributed by atoms with E-state index < -0.39 is 38.5 Å². The van der Waals surface area contributed by atoms with E-state index in [9.17, 15) is 17.6 Å². The summed E-state index contributed by atoms with van der Waals surface area (Å²) in [4.78, 5) is 15.6. The molecule has 1 saturated heterocycles. The van der Waals surface area contributed by atoms with Crippen molar-refractivity contribution in [1.82, 2.24) is 14.9 Å². The molecule has 2 N–H and O–H groups in total. The van der Waals surface area contributed by atoms with Crippen molar-refractivity contribution in [3.63, 3.8) is 0 Å². The lowest BCUT2D eigenvalue weighted by atomic mass is 9.91. The average molecular weight is 515 g/mol. The monoisotopic (exact) mass is 514 g/mol. The van der Waals surface area contributed by atoms with Gasteiger partial charge in [-0.3, -0.25) is 9.29 Å². The van der Waals surface area contributed by atoms with E-state index in [1.54, 1.807) is 0 Å². The number of sulfonamides is 1. The summed E-state index contributed by atoms with van der Waals surface area (Å²) >= 11 is 0. The van der Waals surface area contributed by atoms with Gasteiger partial charge in [0.05, 0.1) is 11.6 Å². The molecule has 3 heterocycles. The Morgan fingerprint density at radius 1 is 1.19 bits per heavy atom. The van der Waals surface area contributed by atoms with E-state index in [0.29, 0.717) is 0 Å². The minimum Gasteiger partial charge on any atom is -0.408 e. The number of anilines is 1. The molecule has 0 spiro atoms. The van der Waals surface area contributed by atoms with Crippen LogP contribution >= 0.6 is 0 Å². The quantitative estimate of drug-likeness (QED) is 0.369. The van der Waals surface area contributed by atoms with E-state index in [1.807, 2.05) is 36.8 Å². The lowest BCUT2D eigenvalue weighted by Crippen LogP contribution is -2.23. The van der Waals surface area contributed by atoms with Crippen LogP contribution in [0.1, 0.15) is 48.5 Å². The Labute approximate surface area is 206 Å². The highest BCUT2D eigenvalue weighted by Gasteiger charge is 2.28. The molecule has 2 atom stereocenters. The average Bonchev–Trinajstić information content (AvgIpc) is 3.45. The summed E-state index contributed by atoms with van der Waals surface area (Å²) in [5, 5.41) is 3.49. The third-order valence-electron chi connectivity index (χ3n) is 6.51. The van der Waals surface area contributed by atoms with Crippen LogP contribution in [0.5, 0.6) is 0 Å². The molecule has 4 aromatic rings. The van der Waals surface area contributed by atoms with Gasteiger partial charge in [-0.05, 0) is 62.1 Å². The fourth-order valence-electron chi connectivity index (χ4n) is 4.88. The van der Waals surface area contributed by atoms with Gasteiger partial charge in [0.2, 0.25) is 5.95 Å². The van der Waals surface area contributed by atoms with E-state index in [0.717, 1.165) is 54.3 Å². The first kappa shape index (κ1) is 24.1. The van der Waals surface area contributed by atoms with E-state index in [2.05, 4.69) is 10.3 Å². The van der Waals surface area contributed by atoms with Crippen molar-refractivity contribution in [3.8, 4) is 0 Å². The van der Waals surface area contributed by atoms with Crippen molar-refractivity contribution >= 4 is 26.9 Å². The second-order valence-electron chi connectivity index (χ2n) is 8.84. The van der Waals surface area contributed by atoms with Crippen molar-refractivity contribution in [2.45, 2.75) is 43.7 Å². The molecule has 0 radical (unpaired) electrons. The summed E-state index contributed by atoms with van der Waals surface area (Å²) < 4.78 is 62.9. The Balaban J connectivity index is 1.58. The molecular weight excluding hydrogens is 490 g/mol. The Bertz CT molecular complexity index is 1630. The highest BCUT2D eigenvalue weighted by atomic mass is 32.2. The standard InChI is InChI=1S/C25H24F2N4O4S/c1-14-6-3-7-16(24(14)18-8-5-11-28-18)15(2)31-19-12-17(26)21(13-20(19)35-25(31)32)36(33,34)30-23-10-4-9-22(27)29-23/h3-4,6-7,9-10,12-13,15,18,28H,5,8,11H2,1-2H3,(H,29,30)/t15-,18?/m1/s1. The fraction of sp³-hybridized carbons (Fsp3) is 0.280. The lowest BCUT2D eigenvalue weighted by Gasteiger charge is -2.23. The van der Waals surface area contributed by atoms with Crippen LogP contribution in [0.3, 0.4) is 0 Å². The Morgan fingerprint density at radius 3 is 2.69 bits per heavy atom. The molecule has 1 fully saturated rings. The number of aromatic nitrogens is 2.